The van der Waals surface area contributed by atoms with Crippen molar-refractivity contribution < 1.29 is 20.1 Å². The van der Waals surface area contributed by atoms with Gasteiger partial charge in [0.25, 0.3) is 0 Å². The Morgan fingerprint density at radius 2 is 0.486 bits per heavy atom. The largest absolute Gasteiger partial charge is 0.394 e. The lowest BCUT2D eigenvalue weighted by Crippen LogP contribution is -2.50. The molecule has 1 amide bonds. The van der Waals surface area contributed by atoms with Crippen molar-refractivity contribution >= 4 is 5.91 Å². The molecular formula is C65H131NO4. The highest BCUT2D eigenvalue weighted by Gasteiger charge is 2.26. The SMILES string of the molecule is CCCCCCCCCCCCCCCCCCCCCCCCCCCCCCCCCCCCCCCC(=O)NC(CO)C(O)C(O)CCCCCCCCCCCCCCCCCCCCC. The molecule has 0 saturated carbocycles. The van der Waals surface area contributed by atoms with Crippen LogP contribution in [0.2, 0.25) is 0 Å². The molecule has 0 fully saturated rings. The van der Waals surface area contributed by atoms with Crippen LogP contribution in [-0.4, -0.2) is 46.1 Å². The number of aliphatic hydroxyl groups is 3. The lowest BCUT2D eigenvalue weighted by atomic mass is 9.99. The second-order valence-electron chi connectivity index (χ2n) is 23.0. The predicted molar refractivity (Wildman–Crippen MR) is 310 cm³/mol. The molecule has 0 spiro atoms. The van der Waals surface area contributed by atoms with Crippen molar-refractivity contribution in [3.63, 3.8) is 0 Å². The number of hydrogen-bond donors (Lipinski definition) is 4. The van der Waals surface area contributed by atoms with Crippen molar-refractivity contribution in [2.45, 2.75) is 405 Å². The quantitative estimate of drug-likeness (QED) is 0.0457. The third kappa shape index (κ3) is 55.1. The van der Waals surface area contributed by atoms with Gasteiger partial charge < -0.3 is 20.6 Å². The molecular weight excluding hydrogens is 859 g/mol. The second kappa shape index (κ2) is 60.9. The van der Waals surface area contributed by atoms with Gasteiger partial charge in [0.15, 0.2) is 0 Å². The maximum Gasteiger partial charge on any atom is 0.220 e. The molecule has 3 atom stereocenters. The highest BCUT2D eigenvalue weighted by atomic mass is 16.3. The Morgan fingerprint density at radius 1 is 0.300 bits per heavy atom. The Bertz CT molecular complexity index is 960. The van der Waals surface area contributed by atoms with Crippen LogP contribution in [0, 0.1) is 0 Å². The van der Waals surface area contributed by atoms with Gasteiger partial charge in [-0.25, -0.2) is 0 Å². The Hall–Kier alpha value is -0.650. The van der Waals surface area contributed by atoms with Gasteiger partial charge >= 0.3 is 0 Å². The molecule has 0 aromatic heterocycles. The van der Waals surface area contributed by atoms with Crippen molar-refractivity contribution in [2.24, 2.45) is 0 Å². The Labute approximate surface area is 440 Å². The fourth-order valence-electron chi connectivity index (χ4n) is 10.9. The molecule has 0 aliphatic rings. The van der Waals surface area contributed by atoms with Crippen molar-refractivity contribution in [3.8, 4) is 0 Å². The van der Waals surface area contributed by atoms with Crippen molar-refractivity contribution in [1.29, 1.82) is 0 Å². The zero-order valence-electron chi connectivity index (χ0n) is 48.2. The molecule has 0 aliphatic carbocycles. The zero-order valence-corrected chi connectivity index (χ0v) is 48.2. The van der Waals surface area contributed by atoms with Crippen LogP contribution < -0.4 is 5.32 Å². The number of carbonyl (C=O) groups excluding carboxylic acids is 1. The molecule has 0 rings (SSSR count). The number of nitrogens with one attached hydrogen (secondary N) is 1. The molecule has 0 saturated heterocycles. The van der Waals surface area contributed by atoms with Crippen LogP contribution in [-0.2, 0) is 4.79 Å². The first-order chi connectivity index (χ1) is 34.6. The van der Waals surface area contributed by atoms with Crippen LogP contribution in [0.1, 0.15) is 386 Å². The van der Waals surface area contributed by atoms with E-state index in [0.29, 0.717) is 12.8 Å². The molecule has 0 heterocycles. The van der Waals surface area contributed by atoms with Crippen molar-refractivity contribution in [2.75, 3.05) is 6.61 Å². The lowest BCUT2D eigenvalue weighted by Gasteiger charge is -2.26. The van der Waals surface area contributed by atoms with E-state index in [4.69, 9.17) is 0 Å². The summed E-state index contributed by atoms with van der Waals surface area (Å²) in [5.41, 5.74) is 0. The lowest BCUT2D eigenvalue weighted by molar-refractivity contribution is -0.124. The minimum Gasteiger partial charge on any atom is -0.394 e. The smallest absolute Gasteiger partial charge is 0.220 e. The standard InChI is InChI=1S/C65H131NO4/c1-3-5-7-9-11-13-15-17-19-21-23-24-25-26-27-28-29-30-31-32-33-34-35-36-37-38-39-40-42-44-46-48-50-52-54-56-58-60-64(69)66-62(61-67)65(70)63(68)59-57-55-53-51-49-47-45-43-41-22-20-18-16-14-12-10-8-6-4-2/h62-63,65,67-68,70H,3-61H2,1-2H3,(H,66,69). The zero-order chi connectivity index (χ0) is 50.7. The summed E-state index contributed by atoms with van der Waals surface area (Å²) in [6.07, 6.45) is 76.0. The monoisotopic (exact) mass is 990 g/mol. The van der Waals surface area contributed by atoms with Crippen LogP contribution in [0.5, 0.6) is 0 Å². The number of aliphatic hydroxyl groups excluding tert-OH is 3. The maximum absolute atomic E-state index is 12.6. The molecule has 0 aliphatic heterocycles. The summed E-state index contributed by atoms with van der Waals surface area (Å²) in [7, 11) is 0. The molecule has 0 aromatic rings. The summed E-state index contributed by atoms with van der Waals surface area (Å²) in [6, 6.07) is -0.805. The van der Waals surface area contributed by atoms with E-state index >= 15 is 0 Å². The van der Waals surface area contributed by atoms with Gasteiger partial charge in [-0.1, -0.05) is 367 Å². The van der Waals surface area contributed by atoms with Gasteiger partial charge in [0, 0.05) is 6.42 Å². The third-order valence-corrected chi connectivity index (χ3v) is 16.0. The van der Waals surface area contributed by atoms with Gasteiger partial charge in [0.05, 0.1) is 18.8 Å². The van der Waals surface area contributed by atoms with E-state index in [9.17, 15) is 20.1 Å². The highest BCUT2D eigenvalue weighted by molar-refractivity contribution is 5.76. The third-order valence-electron chi connectivity index (χ3n) is 16.0. The van der Waals surface area contributed by atoms with Crippen molar-refractivity contribution in [3.05, 3.63) is 0 Å². The van der Waals surface area contributed by atoms with Crippen LogP contribution in [0.3, 0.4) is 0 Å². The Morgan fingerprint density at radius 3 is 0.686 bits per heavy atom. The Kier molecular flexibility index (Phi) is 60.3. The maximum atomic E-state index is 12.6. The van der Waals surface area contributed by atoms with Crippen LogP contribution >= 0.6 is 0 Å². The number of carbonyl (C=O) groups is 1. The molecule has 0 radical (unpaired) electrons. The van der Waals surface area contributed by atoms with E-state index in [1.54, 1.807) is 0 Å². The first-order valence-corrected chi connectivity index (χ1v) is 32.8. The first-order valence-electron chi connectivity index (χ1n) is 32.8. The van der Waals surface area contributed by atoms with E-state index < -0.39 is 18.2 Å². The summed E-state index contributed by atoms with van der Waals surface area (Å²) in [4.78, 5) is 12.6. The fourth-order valence-corrected chi connectivity index (χ4v) is 10.9. The van der Waals surface area contributed by atoms with E-state index in [1.807, 2.05) is 0 Å². The molecule has 0 aromatic carbocycles. The number of rotatable bonds is 62. The van der Waals surface area contributed by atoms with Gasteiger partial charge in [-0.2, -0.15) is 0 Å². The predicted octanol–water partition coefficient (Wildman–Crippen LogP) is 20.9. The minimum absolute atomic E-state index is 0.134. The molecule has 420 valence electrons. The van der Waals surface area contributed by atoms with Gasteiger partial charge in [-0.15, -0.1) is 0 Å². The number of hydrogen-bond acceptors (Lipinski definition) is 4. The van der Waals surface area contributed by atoms with E-state index in [-0.39, 0.29) is 12.5 Å². The van der Waals surface area contributed by atoms with E-state index in [1.165, 1.54) is 327 Å². The summed E-state index contributed by atoms with van der Waals surface area (Å²) in [5, 5.41) is 33.9. The van der Waals surface area contributed by atoms with Crippen LogP contribution in [0.25, 0.3) is 0 Å². The van der Waals surface area contributed by atoms with Crippen LogP contribution in [0.4, 0.5) is 0 Å². The highest BCUT2D eigenvalue weighted by Crippen LogP contribution is 2.20. The Balaban J connectivity index is 3.40. The summed E-state index contributed by atoms with van der Waals surface area (Å²) in [6.45, 7) is 4.23. The molecule has 4 N–H and O–H groups in total. The van der Waals surface area contributed by atoms with Gasteiger partial charge in [0.1, 0.15) is 6.10 Å². The number of unbranched alkanes of at least 4 members (excludes halogenated alkanes) is 54. The summed E-state index contributed by atoms with van der Waals surface area (Å²) >= 11 is 0. The second-order valence-corrected chi connectivity index (χ2v) is 23.0. The topological polar surface area (TPSA) is 89.8 Å². The molecule has 70 heavy (non-hydrogen) atoms. The summed E-state index contributed by atoms with van der Waals surface area (Å²) in [5.74, 6) is -0.134. The van der Waals surface area contributed by atoms with Crippen molar-refractivity contribution in [1.82, 2.24) is 5.32 Å². The van der Waals surface area contributed by atoms with E-state index in [0.717, 1.165) is 32.1 Å². The average Bonchev–Trinajstić information content (AvgIpc) is 3.36. The normalized spacial score (nSPS) is 13.0. The summed E-state index contributed by atoms with van der Waals surface area (Å²) < 4.78 is 0. The van der Waals surface area contributed by atoms with Gasteiger partial charge in [-0.05, 0) is 12.8 Å². The average molecular weight is 991 g/mol. The molecule has 5 heteroatoms. The minimum atomic E-state index is -1.13. The molecule has 0 bridgehead atoms. The first kappa shape index (κ1) is 69.3. The van der Waals surface area contributed by atoms with Gasteiger partial charge in [-0.3, -0.25) is 4.79 Å². The fraction of sp³-hybridized carbons (Fsp3) is 0.985. The van der Waals surface area contributed by atoms with E-state index in [2.05, 4.69) is 19.2 Å². The number of amides is 1. The van der Waals surface area contributed by atoms with Gasteiger partial charge in [0.2, 0.25) is 5.91 Å². The molecule has 5 nitrogen and oxygen atoms in total. The van der Waals surface area contributed by atoms with Crippen LogP contribution in [0.15, 0.2) is 0 Å². The molecule has 3 unspecified atom stereocenters.